The lowest BCUT2D eigenvalue weighted by Gasteiger charge is -2.31. The number of benzene rings is 3. The normalized spacial score (nSPS) is 20.3. The molecule has 2 fully saturated rings. The first-order chi connectivity index (χ1) is 23.1. The number of fused-ring (bicyclic) bond motifs is 5. The number of hydrogen-bond acceptors (Lipinski definition) is 7. The summed E-state index contributed by atoms with van der Waals surface area (Å²) < 4.78 is 20.5. The minimum absolute atomic E-state index is 0.276. The Kier molecular flexibility index (Phi) is 6.79. The van der Waals surface area contributed by atoms with Gasteiger partial charge in [0, 0.05) is 33.7 Å². The van der Waals surface area contributed by atoms with Gasteiger partial charge in [-0.3, -0.25) is 0 Å². The van der Waals surface area contributed by atoms with Gasteiger partial charge in [0.2, 0.25) is 6.23 Å². The van der Waals surface area contributed by atoms with Crippen LogP contribution in [-0.2, 0) is 0 Å². The van der Waals surface area contributed by atoms with Crippen molar-refractivity contribution in [3.8, 4) is 51.0 Å². The summed E-state index contributed by atoms with van der Waals surface area (Å²) in [4.78, 5) is 16.5. The predicted molar refractivity (Wildman–Crippen MR) is 181 cm³/mol. The second-order valence-corrected chi connectivity index (χ2v) is 12.7. The molecule has 6 aromatic rings. The van der Waals surface area contributed by atoms with E-state index in [9.17, 15) is 0 Å². The summed E-state index contributed by atoms with van der Waals surface area (Å²) in [6.45, 7) is 2.06. The van der Waals surface area contributed by atoms with E-state index in [2.05, 4.69) is 67.6 Å². The van der Waals surface area contributed by atoms with E-state index in [1.165, 1.54) is 12.8 Å². The highest BCUT2D eigenvalue weighted by molar-refractivity contribution is 5.92. The van der Waals surface area contributed by atoms with Crippen LogP contribution in [0.4, 0.5) is 0 Å². The summed E-state index contributed by atoms with van der Waals surface area (Å²) in [7, 11) is 3.34. The molecule has 0 saturated carbocycles. The summed E-state index contributed by atoms with van der Waals surface area (Å²) in [6.07, 6.45) is 7.96. The van der Waals surface area contributed by atoms with E-state index >= 15 is 0 Å². The first-order valence-electron chi connectivity index (χ1n) is 16.4. The zero-order valence-corrected chi connectivity index (χ0v) is 26.5. The number of H-pyrrole nitrogens is 2. The first-order valence-corrected chi connectivity index (χ1v) is 16.4. The average molecular weight is 628 g/mol. The lowest BCUT2D eigenvalue weighted by Crippen LogP contribution is -2.22. The van der Waals surface area contributed by atoms with Crippen LogP contribution in [0.1, 0.15) is 61.2 Å². The Balaban J connectivity index is 1.15. The number of ether oxygens (including phenoxy) is 3. The van der Waals surface area contributed by atoms with E-state index in [4.69, 9.17) is 24.2 Å². The molecule has 3 aliphatic rings. The molecule has 3 aliphatic heterocycles. The van der Waals surface area contributed by atoms with Crippen molar-refractivity contribution in [2.45, 2.75) is 44.0 Å². The first kappa shape index (κ1) is 28.2. The molecular weight excluding hydrogens is 590 g/mol. The maximum Gasteiger partial charge on any atom is 0.203 e. The third kappa shape index (κ3) is 4.87. The molecule has 0 bridgehead atoms. The largest absolute Gasteiger partial charge is 0.497 e. The maximum absolute atomic E-state index is 6.94. The molecule has 3 aromatic carbocycles. The lowest BCUT2D eigenvalue weighted by atomic mass is 10.0. The standard InChI is InChI=1S/C37H37N7O3/c1-45-25-14-24(15-26(18-25)46-2)37-44-32-10-8-21(30-19-40-35(42-30)28-5-3-11-38-28)13-23(32)16-33(44)27-9-7-22(17-34(27)47-37)31-20-41-36(43-31)29-6-4-12-39-29/h7-10,13-20,28-29,37-39H,3-6,11-12H2,1-2H3,(H,40,42)(H,41,43). The summed E-state index contributed by atoms with van der Waals surface area (Å²) in [6, 6.07) is 21.7. The number of aromatic amines is 2. The van der Waals surface area contributed by atoms with Crippen molar-refractivity contribution >= 4 is 10.9 Å². The van der Waals surface area contributed by atoms with Gasteiger partial charge in [0.15, 0.2) is 0 Å². The third-order valence-electron chi connectivity index (χ3n) is 9.82. The molecule has 3 atom stereocenters. The van der Waals surface area contributed by atoms with Gasteiger partial charge in [-0.1, -0.05) is 12.1 Å². The number of nitrogens with zero attached hydrogens (tertiary/aromatic N) is 3. The summed E-state index contributed by atoms with van der Waals surface area (Å²) >= 11 is 0. The van der Waals surface area contributed by atoms with Crippen LogP contribution < -0.4 is 24.8 Å². The van der Waals surface area contributed by atoms with Crippen LogP contribution in [0.25, 0.3) is 44.7 Å². The third-order valence-corrected chi connectivity index (χ3v) is 9.82. The van der Waals surface area contributed by atoms with Gasteiger partial charge in [0.1, 0.15) is 28.9 Å². The van der Waals surface area contributed by atoms with E-state index in [0.29, 0.717) is 17.5 Å². The number of imidazole rings is 2. The summed E-state index contributed by atoms with van der Waals surface area (Å²) in [5.41, 5.74) is 8.23. The zero-order chi connectivity index (χ0) is 31.5. The van der Waals surface area contributed by atoms with Crippen molar-refractivity contribution in [3.05, 3.63) is 90.3 Å². The van der Waals surface area contributed by atoms with Gasteiger partial charge < -0.3 is 39.4 Å². The van der Waals surface area contributed by atoms with Crippen molar-refractivity contribution in [2.75, 3.05) is 27.3 Å². The predicted octanol–water partition coefficient (Wildman–Crippen LogP) is 6.89. The van der Waals surface area contributed by atoms with Gasteiger partial charge in [-0.25, -0.2) is 9.97 Å². The average Bonchev–Trinajstić information content (AvgIpc) is 3.95. The van der Waals surface area contributed by atoms with Gasteiger partial charge in [-0.05, 0) is 81.2 Å². The zero-order valence-electron chi connectivity index (χ0n) is 26.5. The minimum atomic E-state index is -0.452. The highest BCUT2D eigenvalue weighted by Crippen LogP contribution is 2.46. The molecule has 3 aromatic heterocycles. The van der Waals surface area contributed by atoms with E-state index < -0.39 is 6.23 Å². The van der Waals surface area contributed by atoms with E-state index in [-0.39, 0.29) is 6.04 Å². The number of hydrogen-bond donors (Lipinski definition) is 4. The van der Waals surface area contributed by atoms with Gasteiger partial charge in [-0.15, -0.1) is 0 Å². The van der Waals surface area contributed by atoms with Crippen molar-refractivity contribution in [3.63, 3.8) is 0 Å². The van der Waals surface area contributed by atoms with Crippen molar-refractivity contribution < 1.29 is 14.2 Å². The van der Waals surface area contributed by atoms with E-state index in [1.54, 1.807) is 14.2 Å². The fourth-order valence-electron chi connectivity index (χ4n) is 7.38. The van der Waals surface area contributed by atoms with Crippen LogP contribution in [0.3, 0.4) is 0 Å². The summed E-state index contributed by atoms with van der Waals surface area (Å²) in [5.74, 6) is 4.21. The number of methoxy groups -OCH3 is 2. The highest BCUT2D eigenvalue weighted by Gasteiger charge is 2.31. The number of aromatic nitrogens is 5. The molecule has 9 rings (SSSR count). The van der Waals surface area contributed by atoms with Crippen molar-refractivity contribution in [2.24, 2.45) is 0 Å². The molecule has 3 unspecified atom stereocenters. The molecule has 0 radical (unpaired) electrons. The molecule has 10 nitrogen and oxygen atoms in total. The Bertz CT molecular complexity index is 2080. The Morgan fingerprint density at radius 2 is 1.38 bits per heavy atom. The lowest BCUT2D eigenvalue weighted by molar-refractivity contribution is 0.172. The van der Waals surface area contributed by atoms with Gasteiger partial charge in [0.05, 0.1) is 61.3 Å². The minimum Gasteiger partial charge on any atom is -0.497 e. The van der Waals surface area contributed by atoms with Gasteiger partial charge in [0.25, 0.3) is 0 Å². The van der Waals surface area contributed by atoms with Crippen LogP contribution in [0.5, 0.6) is 17.2 Å². The molecule has 2 saturated heterocycles. The van der Waals surface area contributed by atoms with Crippen LogP contribution in [0.15, 0.2) is 73.1 Å². The molecule has 0 amide bonds. The topological polar surface area (TPSA) is 114 Å². The van der Waals surface area contributed by atoms with Crippen LogP contribution >= 0.6 is 0 Å². The van der Waals surface area contributed by atoms with E-state index in [1.807, 2.05) is 30.6 Å². The Morgan fingerprint density at radius 3 is 2.00 bits per heavy atom. The molecular formula is C37H37N7O3. The molecule has 47 heavy (non-hydrogen) atoms. The molecule has 4 N–H and O–H groups in total. The van der Waals surface area contributed by atoms with Crippen LogP contribution in [-0.4, -0.2) is 51.8 Å². The molecule has 0 spiro atoms. The van der Waals surface area contributed by atoms with Crippen LogP contribution in [0, 0.1) is 0 Å². The van der Waals surface area contributed by atoms with E-state index in [0.717, 1.165) is 93.6 Å². The second kappa shape index (κ2) is 11.3. The molecule has 0 aliphatic carbocycles. The fraction of sp³-hybridized carbons (Fsp3) is 0.297. The quantitative estimate of drug-likeness (QED) is 0.152. The molecule has 238 valence electrons. The Morgan fingerprint density at radius 1 is 0.745 bits per heavy atom. The van der Waals surface area contributed by atoms with Crippen LogP contribution in [0.2, 0.25) is 0 Å². The van der Waals surface area contributed by atoms with Crippen molar-refractivity contribution in [1.29, 1.82) is 0 Å². The fourth-order valence-corrected chi connectivity index (χ4v) is 7.38. The monoisotopic (exact) mass is 627 g/mol. The SMILES string of the molecule is COc1cc(OC)cc(C2Oc3cc(-c4cnc(C5CCCN5)[nH]4)ccc3-c3cc4cc(-c5cnc(C6CCCN6)[nH]5)ccc4n32)c1. The highest BCUT2D eigenvalue weighted by atomic mass is 16.5. The van der Waals surface area contributed by atoms with Gasteiger partial charge >= 0.3 is 0 Å². The van der Waals surface area contributed by atoms with Gasteiger partial charge in [-0.2, -0.15) is 0 Å². The summed E-state index contributed by atoms with van der Waals surface area (Å²) in [5, 5.41) is 8.19. The Hall–Kier alpha value is -5.06. The second-order valence-electron chi connectivity index (χ2n) is 12.7. The number of nitrogens with one attached hydrogen (secondary N) is 4. The smallest absolute Gasteiger partial charge is 0.203 e. The maximum atomic E-state index is 6.94. The molecule has 10 heteroatoms. The molecule has 6 heterocycles. The van der Waals surface area contributed by atoms with Crippen molar-refractivity contribution in [1.82, 2.24) is 35.1 Å². The number of rotatable bonds is 7. The Labute approximate surface area is 272 Å².